The molecule has 70 heavy (non-hydrogen) atoms. The fourth-order valence-electron chi connectivity index (χ4n) is 9.98. The van der Waals surface area contributed by atoms with Gasteiger partial charge in [0.25, 0.3) is 0 Å². The van der Waals surface area contributed by atoms with Crippen molar-refractivity contribution in [1.82, 2.24) is 0 Å². The molecule has 0 aliphatic carbocycles. The average molecular weight is 938 g/mol. The molecule has 3 aromatic heterocycles. The molecule has 6 heteroatoms. The van der Waals surface area contributed by atoms with Gasteiger partial charge in [-0.25, -0.2) is 0 Å². The second-order valence-electron chi connectivity index (χ2n) is 17.2. The van der Waals surface area contributed by atoms with Gasteiger partial charge in [-0.15, -0.1) is 22.7 Å². The zero-order valence-corrected chi connectivity index (χ0v) is 40.0. The van der Waals surface area contributed by atoms with Crippen molar-refractivity contribution in [1.29, 1.82) is 5.41 Å². The minimum atomic E-state index is 0.557. The Kier molecular flexibility index (Phi) is 12.0. The van der Waals surface area contributed by atoms with Gasteiger partial charge >= 0.3 is 0 Å². The Morgan fingerprint density at radius 2 is 1.09 bits per heavy atom. The SMILES string of the molecule is C=Cc1c(C=C)c2ccc(CN=Cc3cccc4oc5ccc(-c6cccc7sc8ccc(-c9ccc%10c(c9)sc9ccccc9%10)cc8c67)cc5c34)cc2c2ccccc12.C=N.NCc1ccccc1. The standard InChI is InChI=1S/C56H35NOS2.C7H9N.CH3N/c1-3-38-39(4-2)43-23-19-33(27-46(43)42-13-6-5-12-41(38)42)31-57-32-37-11-9-16-50-55(37)47-29-36(21-25-49(47)58-50)40-15-10-18-53-56(40)48-28-34(22-26-52(48)59-53)35-20-24-45-44-14-7-8-17-51(44)60-54(45)30-35;8-6-7-4-2-1-3-5-7;1-2/h3-30,32H,1-2,31H2;1-5H,6,8H2;2H,1H2. The van der Waals surface area contributed by atoms with E-state index in [-0.39, 0.29) is 0 Å². The number of aliphatic imine (C=N–C) groups is 1. The summed E-state index contributed by atoms with van der Waals surface area (Å²) in [4.78, 5) is 5.02. The Morgan fingerprint density at radius 1 is 0.457 bits per heavy atom. The summed E-state index contributed by atoms with van der Waals surface area (Å²) in [6.07, 6.45) is 5.89. The first-order valence-corrected chi connectivity index (χ1v) is 24.8. The number of nitrogens with one attached hydrogen (secondary N) is 1. The van der Waals surface area contributed by atoms with Crippen LogP contribution in [0.15, 0.2) is 211 Å². The summed E-state index contributed by atoms with van der Waals surface area (Å²) in [6.45, 7) is 11.9. The molecule has 336 valence electrons. The van der Waals surface area contributed by atoms with Crippen LogP contribution in [0.5, 0.6) is 0 Å². The summed E-state index contributed by atoms with van der Waals surface area (Å²) in [5, 5.41) is 17.7. The van der Waals surface area contributed by atoms with Crippen molar-refractivity contribution in [3.63, 3.8) is 0 Å². The van der Waals surface area contributed by atoms with Gasteiger partial charge in [-0.1, -0.05) is 159 Å². The van der Waals surface area contributed by atoms with Crippen molar-refractivity contribution in [3.05, 3.63) is 229 Å². The summed E-state index contributed by atoms with van der Waals surface area (Å²) in [5.74, 6) is 0. The van der Waals surface area contributed by atoms with Crippen molar-refractivity contribution in [3.8, 4) is 22.3 Å². The third-order valence-electron chi connectivity index (χ3n) is 13.2. The van der Waals surface area contributed by atoms with Crippen LogP contribution in [-0.4, -0.2) is 12.9 Å². The van der Waals surface area contributed by atoms with Gasteiger partial charge in [-0.3, -0.25) is 4.99 Å². The predicted octanol–water partition coefficient (Wildman–Crippen LogP) is 18.3. The van der Waals surface area contributed by atoms with Crippen LogP contribution in [0.1, 0.15) is 27.8 Å². The number of benzene rings is 10. The number of hydrogen-bond acceptors (Lipinski definition) is 6. The van der Waals surface area contributed by atoms with Crippen molar-refractivity contribution in [2.75, 3.05) is 0 Å². The van der Waals surface area contributed by atoms with E-state index in [0.29, 0.717) is 13.1 Å². The first kappa shape index (κ1) is 44.3. The van der Waals surface area contributed by atoms with Crippen LogP contribution in [0.3, 0.4) is 0 Å². The number of hydrogen-bond donors (Lipinski definition) is 2. The van der Waals surface area contributed by atoms with Crippen LogP contribution in [0, 0.1) is 5.41 Å². The highest BCUT2D eigenvalue weighted by Gasteiger charge is 2.17. The van der Waals surface area contributed by atoms with Crippen molar-refractivity contribution < 1.29 is 4.42 Å². The third kappa shape index (κ3) is 7.88. The van der Waals surface area contributed by atoms with Crippen molar-refractivity contribution >= 4 is 132 Å². The molecule has 0 aliphatic heterocycles. The van der Waals surface area contributed by atoms with Gasteiger partial charge in [-0.05, 0) is 127 Å². The predicted molar refractivity (Wildman–Crippen MR) is 307 cm³/mol. The summed E-state index contributed by atoms with van der Waals surface area (Å²) in [5.41, 5.74) is 17.6. The summed E-state index contributed by atoms with van der Waals surface area (Å²) in [7, 11) is 0. The molecule has 0 spiro atoms. The maximum Gasteiger partial charge on any atom is 0.136 e. The third-order valence-corrected chi connectivity index (χ3v) is 15.5. The van der Waals surface area contributed by atoms with E-state index in [2.05, 4.69) is 178 Å². The molecular formula is C64H47N3OS2. The Labute approximate surface area is 414 Å². The maximum atomic E-state index is 6.46. The fourth-order valence-corrected chi connectivity index (χ4v) is 12.2. The van der Waals surface area contributed by atoms with E-state index < -0.39 is 0 Å². The molecule has 0 unspecified atom stereocenters. The fraction of sp³-hybridized carbons (Fsp3) is 0.0312. The first-order valence-electron chi connectivity index (χ1n) is 23.2. The lowest BCUT2D eigenvalue weighted by molar-refractivity contribution is 0.669. The highest BCUT2D eigenvalue weighted by atomic mass is 32.1. The summed E-state index contributed by atoms with van der Waals surface area (Å²) >= 11 is 3.73. The molecule has 10 aromatic carbocycles. The van der Waals surface area contributed by atoms with E-state index >= 15 is 0 Å². The number of fused-ring (bicyclic) bond motifs is 12. The second-order valence-corrected chi connectivity index (χ2v) is 19.3. The smallest absolute Gasteiger partial charge is 0.136 e. The molecule has 0 saturated carbocycles. The van der Waals surface area contributed by atoms with Crippen molar-refractivity contribution in [2.45, 2.75) is 13.1 Å². The zero-order chi connectivity index (χ0) is 47.7. The topological polar surface area (TPSA) is 75.4 Å². The molecule has 0 saturated heterocycles. The monoisotopic (exact) mass is 937 g/mol. The van der Waals surface area contributed by atoms with Gasteiger partial charge < -0.3 is 15.6 Å². The van der Waals surface area contributed by atoms with E-state index in [1.165, 1.54) is 89.7 Å². The molecule has 0 atom stereocenters. The Balaban J connectivity index is 0.000000483. The van der Waals surface area contributed by atoms with Gasteiger partial charge in [0.2, 0.25) is 0 Å². The van der Waals surface area contributed by atoms with Gasteiger partial charge in [0.15, 0.2) is 0 Å². The zero-order valence-electron chi connectivity index (χ0n) is 38.4. The number of nitrogens with zero attached hydrogens (tertiary/aromatic N) is 1. The number of furan rings is 1. The minimum absolute atomic E-state index is 0.557. The molecule has 3 heterocycles. The van der Waals surface area contributed by atoms with Gasteiger partial charge in [0, 0.05) is 69.4 Å². The van der Waals surface area contributed by atoms with Crippen LogP contribution in [0.2, 0.25) is 0 Å². The summed E-state index contributed by atoms with van der Waals surface area (Å²) < 4.78 is 11.7. The highest BCUT2D eigenvalue weighted by molar-refractivity contribution is 7.26. The van der Waals surface area contributed by atoms with E-state index in [9.17, 15) is 0 Å². The van der Waals surface area contributed by atoms with Crippen LogP contribution in [-0.2, 0) is 13.1 Å². The molecule has 0 aliphatic rings. The highest BCUT2D eigenvalue weighted by Crippen LogP contribution is 2.44. The second kappa shape index (κ2) is 19.0. The Bertz CT molecular complexity index is 4170. The molecule has 0 bridgehead atoms. The van der Waals surface area contributed by atoms with E-state index in [0.717, 1.165) is 44.2 Å². The largest absolute Gasteiger partial charge is 0.456 e. The molecule has 4 nitrogen and oxygen atoms in total. The normalized spacial score (nSPS) is 11.5. The number of rotatable bonds is 8. The number of thiophene rings is 2. The molecular weight excluding hydrogens is 891 g/mol. The lowest BCUT2D eigenvalue weighted by Crippen LogP contribution is -1.94. The number of nitrogens with two attached hydrogens (primary N) is 1. The molecule has 3 N–H and O–H groups in total. The van der Waals surface area contributed by atoms with Gasteiger partial charge in [0.1, 0.15) is 11.2 Å². The van der Waals surface area contributed by atoms with Crippen molar-refractivity contribution in [2.24, 2.45) is 10.7 Å². The maximum absolute atomic E-state index is 6.46. The Hall–Kier alpha value is -8.26. The van der Waals surface area contributed by atoms with Crippen LogP contribution < -0.4 is 5.73 Å². The quantitative estimate of drug-likeness (QED) is 0.118. The summed E-state index contributed by atoms with van der Waals surface area (Å²) in [6, 6.07) is 67.3. The van der Waals surface area contributed by atoms with E-state index in [1.807, 2.05) is 71.4 Å². The first-order chi connectivity index (χ1) is 34.6. The lowest BCUT2D eigenvalue weighted by Gasteiger charge is -2.13. The van der Waals surface area contributed by atoms with Crippen LogP contribution in [0.4, 0.5) is 0 Å². The van der Waals surface area contributed by atoms with E-state index in [1.54, 1.807) is 0 Å². The minimum Gasteiger partial charge on any atom is -0.456 e. The van der Waals surface area contributed by atoms with E-state index in [4.69, 9.17) is 20.6 Å². The molecule has 0 amide bonds. The Morgan fingerprint density at radius 3 is 1.89 bits per heavy atom. The molecule has 0 fully saturated rings. The molecule has 13 aromatic rings. The van der Waals surface area contributed by atoms with Crippen LogP contribution >= 0.6 is 22.7 Å². The average Bonchev–Trinajstić information content (AvgIpc) is 4.12. The van der Waals surface area contributed by atoms with Gasteiger partial charge in [0.05, 0.1) is 6.54 Å². The molecule has 0 radical (unpaired) electrons. The van der Waals surface area contributed by atoms with Gasteiger partial charge in [-0.2, -0.15) is 0 Å². The molecule has 13 rings (SSSR count). The lowest BCUT2D eigenvalue weighted by atomic mass is 9.90. The van der Waals surface area contributed by atoms with Crippen LogP contribution in [0.25, 0.3) is 118 Å².